The fraction of sp³-hybridized carbons (Fsp3) is 0.308. The lowest BCUT2D eigenvalue weighted by molar-refractivity contribution is 0.742. The number of hydrogen-bond acceptors (Lipinski definition) is 3. The third-order valence-corrected chi connectivity index (χ3v) is 4.06. The van der Waals surface area contributed by atoms with Gasteiger partial charge in [-0.3, -0.25) is 0 Å². The summed E-state index contributed by atoms with van der Waals surface area (Å²) in [5.74, 6) is 0. The summed E-state index contributed by atoms with van der Waals surface area (Å²) in [7, 11) is 0. The fourth-order valence-corrected chi connectivity index (χ4v) is 3.01. The minimum absolute atomic E-state index is 0.640. The van der Waals surface area contributed by atoms with Gasteiger partial charge in [0.2, 0.25) is 0 Å². The Morgan fingerprint density at radius 1 is 1.22 bits per heavy atom. The van der Waals surface area contributed by atoms with Crippen molar-refractivity contribution in [1.29, 1.82) is 0 Å². The first-order chi connectivity index (χ1) is 8.70. The molecule has 0 saturated heterocycles. The number of hydrogen-bond donors (Lipinski definition) is 1. The lowest BCUT2D eigenvalue weighted by atomic mass is 10.2. The quantitative estimate of drug-likeness (QED) is 0.831. The molecule has 0 aliphatic heterocycles. The van der Waals surface area contributed by atoms with E-state index < -0.39 is 0 Å². The van der Waals surface area contributed by atoms with Crippen molar-refractivity contribution in [3.8, 4) is 11.3 Å². The standard InChI is InChI=1S/C13H14Cl2N2S/c14-9-4-5-10(11(15)7-9)12-8-18-13(17-12)3-1-2-6-16/h4-5,7-8H,1-3,6,16H2. The SMILES string of the molecule is NCCCCc1nc(-c2ccc(Cl)cc2Cl)cs1. The zero-order valence-electron chi connectivity index (χ0n) is 9.83. The van der Waals surface area contributed by atoms with Gasteiger partial charge in [0.1, 0.15) is 0 Å². The van der Waals surface area contributed by atoms with Gasteiger partial charge in [0.05, 0.1) is 15.7 Å². The van der Waals surface area contributed by atoms with E-state index in [1.165, 1.54) is 0 Å². The second kappa shape index (κ2) is 6.53. The molecule has 0 amide bonds. The molecule has 1 heterocycles. The van der Waals surface area contributed by atoms with E-state index in [4.69, 9.17) is 28.9 Å². The van der Waals surface area contributed by atoms with Crippen LogP contribution in [0.2, 0.25) is 10.0 Å². The topological polar surface area (TPSA) is 38.9 Å². The Balaban J connectivity index is 2.13. The summed E-state index contributed by atoms with van der Waals surface area (Å²) >= 11 is 13.7. The van der Waals surface area contributed by atoms with Gasteiger partial charge in [-0.2, -0.15) is 0 Å². The Morgan fingerprint density at radius 2 is 2.06 bits per heavy atom. The number of halogens is 2. The van der Waals surface area contributed by atoms with Gasteiger partial charge in [0, 0.05) is 16.0 Å². The van der Waals surface area contributed by atoms with Gasteiger partial charge in [0.15, 0.2) is 0 Å². The molecule has 0 aliphatic rings. The molecule has 0 atom stereocenters. The van der Waals surface area contributed by atoms with Crippen molar-refractivity contribution in [3.63, 3.8) is 0 Å². The normalized spacial score (nSPS) is 10.8. The molecule has 18 heavy (non-hydrogen) atoms. The molecule has 0 radical (unpaired) electrons. The van der Waals surface area contributed by atoms with Gasteiger partial charge in [-0.05, 0) is 44.0 Å². The third-order valence-electron chi connectivity index (χ3n) is 2.60. The summed E-state index contributed by atoms with van der Waals surface area (Å²) in [6.07, 6.45) is 3.10. The highest BCUT2D eigenvalue weighted by atomic mass is 35.5. The fourth-order valence-electron chi connectivity index (χ4n) is 1.67. The molecule has 5 heteroatoms. The van der Waals surface area contributed by atoms with Crippen molar-refractivity contribution in [2.24, 2.45) is 5.73 Å². The minimum atomic E-state index is 0.640. The summed E-state index contributed by atoms with van der Waals surface area (Å²) in [5.41, 5.74) is 7.33. The van der Waals surface area contributed by atoms with Crippen LogP contribution in [0, 0.1) is 0 Å². The van der Waals surface area contributed by atoms with E-state index in [-0.39, 0.29) is 0 Å². The molecule has 1 aromatic heterocycles. The first-order valence-corrected chi connectivity index (χ1v) is 7.44. The summed E-state index contributed by atoms with van der Waals surface area (Å²) < 4.78 is 0. The van der Waals surface area contributed by atoms with Gasteiger partial charge in [-0.25, -0.2) is 4.98 Å². The summed E-state index contributed by atoms with van der Waals surface area (Å²) in [6, 6.07) is 5.48. The highest BCUT2D eigenvalue weighted by Crippen LogP contribution is 2.31. The Bertz CT molecular complexity index is 525. The van der Waals surface area contributed by atoms with E-state index in [1.54, 1.807) is 17.4 Å². The summed E-state index contributed by atoms with van der Waals surface area (Å²) in [4.78, 5) is 4.59. The van der Waals surface area contributed by atoms with Crippen LogP contribution < -0.4 is 5.73 Å². The van der Waals surface area contributed by atoms with Crippen LogP contribution in [0.15, 0.2) is 23.6 Å². The maximum atomic E-state index is 6.16. The average Bonchev–Trinajstić information content (AvgIpc) is 2.78. The Hall–Kier alpha value is -0.610. The number of nitrogens with two attached hydrogens (primary N) is 1. The molecule has 2 nitrogen and oxygen atoms in total. The first kappa shape index (κ1) is 13.8. The molecule has 0 unspecified atom stereocenters. The monoisotopic (exact) mass is 300 g/mol. The number of unbranched alkanes of at least 4 members (excludes halogenated alkanes) is 1. The van der Waals surface area contributed by atoms with Crippen LogP contribution in [0.3, 0.4) is 0 Å². The van der Waals surface area contributed by atoms with Crippen LogP contribution in [0.4, 0.5) is 0 Å². The number of aryl methyl sites for hydroxylation is 1. The van der Waals surface area contributed by atoms with Crippen molar-refractivity contribution < 1.29 is 0 Å². The molecular formula is C13H14Cl2N2S. The largest absolute Gasteiger partial charge is 0.330 e. The van der Waals surface area contributed by atoms with E-state index in [1.807, 2.05) is 17.5 Å². The predicted octanol–water partition coefficient (Wildman–Crippen LogP) is 4.40. The van der Waals surface area contributed by atoms with E-state index >= 15 is 0 Å². The number of aromatic nitrogens is 1. The number of benzene rings is 1. The van der Waals surface area contributed by atoms with Gasteiger partial charge in [-0.1, -0.05) is 23.2 Å². The highest BCUT2D eigenvalue weighted by Gasteiger charge is 2.08. The lowest BCUT2D eigenvalue weighted by Crippen LogP contribution is -1.98. The molecule has 2 N–H and O–H groups in total. The second-order valence-corrected chi connectivity index (χ2v) is 5.78. The number of nitrogens with zero attached hydrogens (tertiary/aromatic N) is 1. The maximum absolute atomic E-state index is 6.16. The maximum Gasteiger partial charge on any atom is 0.0932 e. The van der Waals surface area contributed by atoms with Crippen molar-refractivity contribution in [2.45, 2.75) is 19.3 Å². The van der Waals surface area contributed by atoms with Crippen LogP contribution in [0.25, 0.3) is 11.3 Å². The molecule has 1 aromatic carbocycles. The van der Waals surface area contributed by atoms with Crippen LogP contribution in [0.1, 0.15) is 17.8 Å². The molecule has 96 valence electrons. The van der Waals surface area contributed by atoms with Crippen molar-refractivity contribution in [2.75, 3.05) is 6.54 Å². The van der Waals surface area contributed by atoms with E-state index in [0.29, 0.717) is 10.0 Å². The first-order valence-electron chi connectivity index (χ1n) is 5.80. The molecular weight excluding hydrogens is 287 g/mol. The molecule has 0 saturated carbocycles. The Morgan fingerprint density at radius 3 is 2.78 bits per heavy atom. The van der Waals surface area contributed by atoms with Crippen molar-refractivity contribution in [1.82, 2.24) is 4.98 Å². The van der Waals surface area contributed by atoms with E-state index in [9.17, 15) is 0 Å². The molecule has 2 aromatic rings. The van der Waals surface area contributed by atoms with Gasteiger partial charge >= 0.3 is 0 Å². The smallest absolute Gasteiger partial charge is 0.0932 e. The molecule has 0 spiro atoms. The van der Waals surface area contributed by atoms with Gasteiger partial charge < -0.3 is 5.73 Å². The zero-order valence-corrected chi connectivity index (χ0v) is 12.2. The van der Waals surface area contributed by atoms with Crippen LogP contribution >= 0.6 is 34.5 Å². The highest BCUT2D eigenvalue weighted by molar-refractivity contribution is 7.09. The number of rotatable bonds is 5. The zero-order chi connectivity index (χ0) is 13.0. The Labute approximate surface area is 121 Å². The van der Waals surface area contributed by atoms with Gasteiger partial charge in [-0.15, -0.1) is 11.3 Å². The lowest BCUT2D eigenvalue weighted by Gasteiger charge is -2.00. The predicted molar refractivity (Wildman–Crippen MR) is 79.6 cm³/mol. The number of thiazole rings is 1. The molecule has 0 bridgehead atoms. The summed E-state index contributed by atoms with van der Waals surface area (Å²) in [6.45, 7) is 0.737. The van der Waals surface area contributed by atoms with E-state index in [2.05, 4.69) is 4.98 Å². The second-order valence-electron chi connectivity index (χ2n) is 4.00. The van der Waals surface area contributed by atoms with Crippen LogP contribution in [-0.4, -0.2) is 11.5 Å². The van der Waals surface area contributed by atoms with Crippen molar-refractivity contribution >= 4 is 34.5 Å². The van der Waals surface area contributed by atoms with Crippen LogP contribution in [0.5, 0.6) is 0 Å². The van der Waals surface area contributed by atoms with E-state index in [0.717, 1.165) is 42.1 Å². The van der Waals surface area contributed by atoms with Gasteiger partial charge in [0.25, 0.3) is 0 Å². The van der Waals surface area contributed by atoms with Crippen LogP contribution in [-0.2, 0) is 6.42 Å². The van der Waals surface area contributed by atoms with Crippen molar-refractivity contribution in [3.05, 3.63) is 38.6 Å². The third kappa shape index (κ3) is 3.45. The molecule has 2 rings (SSSR count). The molecule has 0 fully saturated rings. The average molecular weight is 301 g/mol. The minimum Gasteiger partial charge on any atom is -0.330 e. The Kier molecular flexibility index (Phi) is 5.01. The molecule has 0 aliphatic carbocycles. The summed E-state index contributed by atoms with van der Waals surface area (Å²) in [5, 5.41) is 4.44.